The van der Waals surface area contributed by atoms with E-state index in [2.05, 4.69) is 19.2 Å². The highest BCUT2D eigenvalue weighted by Gasteiger charge is 2.08. The second-order valence-corrected chi connectivity index (χ2v) is 9.56. The zero-order valence-corrected chi connectivity index (χ0v) is 21.9. The fourth-order valence-corrected chi connectivity index (χ4v) is 3.86. The Hall–Kier alpha value is -1.10. The van der Waals surface area contributed by atoms with Crippen LogP contribution in [0.15, 0.2) is 0 Å². The van der Waals surface area contributed by atoms with Gasteiger partial charge in [-0.15, -0.1) is 0 Å². The van der Waals surface area contributed by atoms with Gasteiger partial charge in [-0.2, -0.15) is 0 Å². The molecular formula is C27H54N2O3. The van der Waals surface area contributed by atoms with Gasteiger partial charge in [-0.05, 0) is 31.8 Å². The van der Waals surface area contributed by atoms with Crippen molar-refractivity contribution >= 4 is 11.9 Å². The lowest BCUT2D eigenvalue weighted by Crippen LogP contribution is -2.31. The highest BCUT2D eigenvalue weighted by Crippen LogP contribution is 2.14. The molecule has 0 heterocycles. The van der Waals surface area contributed by atoms with Gasteiger partial charge in [0.15, 0.2) is 0 Å². The Kier molecular flexibility index (Phi) is 22.3. The molecule has 0 fully saturated rings. The molecule has 0 bridgehead atoms. The summed E-state index contributed by atoms with van der Waals surface area (Å²) < 4.78 is 5.22. The first-order valence-corrected chi connectivity index (χ1v) is 13.6. The van der Waals surface area contributed by atoms with Crippen molar-refractivity contribution in [2.45, 2.75) is 124 Å². The molecule has 0 aromatic carbocycles. The molecule has 1 N–H and O–H groups in total. The molecule has 5 heteroatoms. The van der Waals surface area contributed by atoms with Gasteiger partial charge in [0, 0.05) is 13.0 Å². The minimum absolute atomic E-state index is 0.118. The number of nitrogens with one attached hydrogen (secondary N) is 1. The number of amides is 1. The van der Waals surface area contributed by atoms with Crippen molar-refractivity contribution in [3.8, 4) is 0 Å². The lowest BCUT2D eigenvalue weighted by atomic mass is 10.0. The SMILES string of the molecule is CCN(CC)CC(=O)OCCCNC(=O)CCCCCCCCCCCCCCC(C)C. The lowest BCUT2D eigenvalue weighted by Gasteiger charge is -2.16. The number of unbranched alkanes of at least 4 members (excludes halogenated alkanes) is 11. The van der Waals surface area contributed by atoms with Crippen LogP contribution in [0.25, 0.3) is 0 Å². The number of carbonyl (C=O) groups excluding carboxylic acids is 2. The van der Waals surface area contributed by atoms with Gasteiger partial charge < -0.3 is 10.1 Å². The zero-order valence-electron chi connectivity index (χ0n) is 21.9. The fraction of sp³-hybridized carbons (Fsp3) is 0.926. The van der Waals surface area contributed by atoms with Crippen LogP contribution in [0.2, 0.25) is 0 Å². The number of carbonyl (C=O) groups is 2. The van der Waals surface area contributed by atoms with Gasteiger partial charge in [0.05, 0.1) is 13.2 Å². The Bertz CT molecular complexity index is 437. The number of esters is 1. The molecule has 0 saturated carbocycles. The molecule has 0 aliphatic rings. The maximum atomic E-state index is 11.9. The molecule has 0 spiro atoms. The predicted octanol–water partition coefficient (Wildman–Crippen LogP) is 6.50. The van der Waals surface area contributed by atoms with Crippen LogP contribution in [0, 0.1) is 5.92 Å². The third-order valence-electron chi connectivity index (χ3n) is 6.09. The molecular weight excluding hydrogens is 400 g/mol. The van der Waals surface area contributed by atoms with Gasteiger partial charge >= 0.3 is 5.97 Å². The number of likely N-dealkylation sites (N-methyl/N-ethyl adjacent to an activating group) is 1. The number of ether oxygens (including phenoxy) is 1. The van der Waals surface area contributed by atoms with E-state index < -0.39 is 0 Å². The van der Waals surface area contributed by atoms with Gasteiger partial charge in [-0.1, -0.05) is 105 Å². The van der Waals surface area contributed by atoms with Crippen molar-refractivity contribution in [2.24, 2.45) is 5.92 Å². The third kappa shape index (κ3) is 22.1. The molecule has 0 saturated heterocycles. The number of rotatable bonds is 23. The average molecular weight is 455 g/mol. The molecule has 190 valence electrons. The van der Waals surface area contributed by atoms with E-state index in [0.717, 1.165) is 31.8 Å². The molecule has 32 heavy (non-hydrogen) atoms. The first kappa shape index (κ1) is 30.9. The smallest absolute Gasteiger partial charge is 0.320 e. The van der Waals surface area contributed by atoms with Crippen molar-refractivity contribution in [1.82, 2.24) is 10.2 Å². The van der Waals surface area contributed by atoms with E-state index in [0.29, 0.717) is 32.5 Å². The van der Waals surface area contributed by atoms with E-state index >= 15 is 0 Å². The monoisotopic (exact) mass is 454 g/mol. The van der Waals surface area contributed by atoms with Crippen LogP contribution in [-0.4, -0.2) is 49.6 Å². The molecule has 0 aromatic heterocycles. The summed E-state index contributed by atoms with van der Waals surface area (Å²) in [5.41, 5.74) is 0. The average Bonchev–Trinajstić information content (AvgIpc) is 2.77. The molecule has 0 aromatic rings. The van der Waals surface area contributed by atoms with Crippen molar-refractivity contribution in [2.75, 3.05) is 32.8 Å². The van der Waals surface area contributed by atoms with E-state index in [4.69, 9.17) is 4.74 Å². The maximum Gasteiger partial charge on any atom is 0.320 e. The van der Waals surface area contributed by atoms with Crippen molar-refractivity contribution in [1.29, 1.82) is 0 Å². The Morgan fingerprint density at radius 3 is 1.75 bits per heavy atom. The van der Waals surface area contributed by atoms with Crippen LogP contribution in [0.5, 0.6) is 0 Å². The van der Waals surface area contributed by atoms with E-state index in [1.54, 1.807) is 0 Å². The summed E-state index contributed by atoms with van der Waals surface area (Å²) in [6.45, 7) is 11.7. The normalized spacial score (nSPS) is 11.3. The zero-order chi connectivity index (χ0) is 23.9. The summed E-state index contributed by atoms with van der Waals surface area (Å²) in [6, 6.07) is 0. The summed E-state index contributed by atoms with van der Waals surface area (Å²) in [5, 5.41) is 2.93. The van der Waals surface area contributed by atoms with Crippen LogP contribution in [0.1, 0.15) is 124 Å². The van der Waals surface area contributed by atoms with Gasteiger partial charge in [0.2, 0.25) is 5.91 Å². The fourth-order valence-electron chi connectivity index (χ4n) is 3.86. The predicted molar refractivity (Wildman–Crippen MR) is 136 cm³/mol. The Labute approximate surface area is 199 Å². The first-order valence-electron chi connectivity index (χ1n) is 13.6. The Morgan fingerprint density at radius 2 is 1.25 bits per heavy atom. The van der Waals surface area contributed by atoms with E-state index in [-0.39, 0.29) is 11.9 Å². The van der Waals surface area contributed by atoms with Crippen LogP contribution >= 0.6 is 0 Å². The molecule has 0 unspecified atom stereocenters. The van der Waals surface area contributed by atoms with E-state index in [1.807, 2.05) is 18.7 Å². The molecule has 0 aliphatic heterocycles. The molecule has 5 nitrogen and oxygen atoms in total. The quantitative estimate of drug-likeness (QED) is 0.141. The summed E-state index contributed by atoms with van der Waals surface area (Å²) >= 11 is 0. The van der Waals surface area contributed by atoms with Crippen molar-refractivity contribution in [3.63, 3.8) is 0 Å². The van der Waals surface area contributed by atoms with Gasteiger partial charge in [0.1, 0.15) is 0 Å². The Balaban J connectivity index is 3.31. The maximum absolute atomic E-state index is 11.9. The number of hydrogen-bond donors (Lipinski definition) is 1. The Morgan fingerprint density at radius 1 is 0.750 bits per heavy atom. The molecule has 0 rings (SSSR count). The van der Waals surface area contributed by atoms with E-state index in [1.165, 1.54) is 70.6 Å². The van der Waals surface area contributed by atoms with Crippen molar-refractivity contribution in [3.05, 3.63) is 0 Å². The van der Waals surface area contributed by atoms with Gasteiger partial charge in [-0.25, -0.2) is 0 Å². The summed E-state index contributed by atoms with van der Waals surface area (Å²) in [5.74, 6) is 0.792. The standard InChI is InChI=1S/C27H54N2O3/c1-5-29(6-2)24-27(31)32-23-19-22-28-26(30)21-18-16-14-12-10-8-7-9-11-13-15-17-20-25(3)4/h25H,5-24H2,1-4H3,(H,28,30). The van der Waals surface area contributed by atoms with E-state index in [9.17, 15) is 9.59 Å². The van der Waals surface area contributed by atoms with Crippen LogP contribution < -0.4 is 5.32 Å². The third-order valence-corrected chi connectivity index (χ3v) is 6.09. The second-order valence-electron chi connectivity index (χ2n) is 9.56. The van der Waals surface area contributed by atoms with Gasteiger partial charge in [-0.3, -0.25) is 14.5 Å². The molecule has 0 radical (unpaired) electrons. The topological polar surface area (TPSA) is 58.6 Å². The lowest BCUT2D eigenvalue weighted by molar-refractivity contribution is -0.144. The van der Waals surface area contributed by atoms with Crippen LogP contribution in [0.3, 0.4) is 0 Å². The van der Waals surface area contributed by atoms with Gasteiger partial charge in [0.25, 0.3) is 0 Å². The highest BCUT2D eigenvalue weighted by atomic mass is 16.5. The van der Waals surface area contributed by atoms with Crippen LogP contribution in [-0.2, 0) is 14.3 Å². The minimum atomic E-state index is -0.183. The highest BCUT2D eigenvalue weighted by molar-refractivity contribution is 5.75. The molecule has 0 atom stereocenters. The summed E-state index contributed by atoms with van der Waals surface area (Å²) in [7, 11) is 0. The molecule has 1 amide bonds. The minimum Gasteiger partial charge on any atom is -0.465 e. The van der Waals surface area contributed by atoms with Crippen LogP contribution in [0.4, 0.5) is 0 Å². The second kappa shape index (κ2) is 23.1. The van der Waals surface area contributed by atoms with Crippen molar-refractivity contribution < 1.29 is 14.3 Å². The summed E-state index contributed by atoms with van der Waals surface area (Å²) in [4.78, 5) is 25.6. The largest absolute Gasteiger partial charge is 0.465 e. The first-order chi connectivity index (χ1) is 15.5. The molecule has 0 aliphatic carbocycles. The number of nitrogens with zero attached hydrogens (tertiary/aromatic N) is 1. The summed E-state index contributed by atoms with van der Waals surface area (Å²) in [6.07, 6.45) is 18.5. The number of hydrogen-bond acceptors (Lipinski definition) is 4.